The first-order valence-corrected chi connectivity index (χ1v) is 7.65. The van der Waals surface area contributed by atoms with Gasteiger partial charge in [-0.2, -0.15) is 0 Å². The van der Waals surface area contributed by atoms with Crippen LogP contribution in [-0.2, 0) is 14.3 Å². The van der Waals surface area contributed by atoms with Crippen molar-refractivity contribution in [3.8, 4) is 0 Å². The lowest BCUT2D eigenvalue weighted by molar-refractivity contribution is -0.141. The number of ether oxygens (including phenoxy) is 1. The Morgan fingerprint density at radius 3 is 2.38 bits per heavy atom. The fourth-order valence-corrected chi connectivity index (χ4v) is 2.82. The first-order chi connectivity index (χ1) is 10.2. The summed E-state index contributed by atoms with van der Waals surface area (Å²) >= 11 is 0. The van der Waals surface area contributed by atoms with E-state index in [0.717, 1.165) is 5.69 Å². The first-order valence-electron chi connectivity index (χ1n) is 7.65. The van der Waals surface area contributed by atoms with Crippen LogP contribution in [0, 0.1) is 0 Å². The van der Waals surface area contributed by atoms with E-state index >= 15 is 0 Å². The molecule has 1 aliphatic carbocycles. The maximum absolute atomic E-state index is 11.7. The van der Waals surface area contributed by atoms with Crippen molar-refractivity contribution >= 4 is 17.6 Å². The van der Waals surface area contributed by atoms with Crippen molar-refractivity contribution in [2.75, 3.05) is 12.4 Å². The van der Waals surface area contributed by atoms with Gasteiger partial charge in [0.1, 0.15) is 0 Å². The zero-order valence-electron chi connectivity index (χ0n) is 12.6. The van der Waals surface area contributed by atoms with Gasteiger partial charge in [0, 0.05) is 12.1 Å². The highest BCUT2D eigenvalue weighted by Gasteiger charge is 2.15. The van der Waals surface area contributed by atoms with Gasteiger partial charge in [-0.15, -0.1) is 0 Å². The molecule has 4 heteroatoms. The van der Waals surface area contributed by atoms with Gasteiger partial charge in [-0.25, -0.2) is 0 Å². The molecule has 0 bridgehead atoms. The number of anilines is 1. The van der Waals surface area contributed by atoms with Crippen molar-refractivity contribution in [2.24, 2.45) is 0 Å². The lowest BCUT2D eigenvalue weighted by atomic mass is 9.84. The third kappa shape index (κ3) is 4.88. The number of rotatable bonds is 5. The largest absolute Gasteiger partial charge is 0.469 e. The number of nitrogens with one attached hydrogen (secondary N) is 1. The number of methoxy groups -OCH3 is 1. The summed E-state index contributed by atoms with van der Waals surface area (Å²) in [5, 5.41) is 2.80. The molecule has 114 valence electrons. The number of hydrogen-bond donors (Lipinski definition) is 1. The molecule has 1 aromatic carbocycles. The van der Waals surface area contributed by atoms with Crippen LogP contribution in [-0.4, -0.2) is 19.0 Å². The molecule has 1 saturated carbocycles. The summed E-state index contributed by atoms with van der Waals surface area (Å²) in [6.07, 6.45) is 6.79. The second-order valence-electron chi connectivity index (χ2n) is 5.58. The smallest absolute Gasteiger partial charge is 0.306 e. The van der Waals surface area contributed by atoms with Crippen molar-refractivity contribution in [1.82, 2.24) is 0 Å². The van der Waals surface area contributed by atoms with E-state index in [1.165, 1.54) is 44.8 Å². The molecule has 0 radical (unpaired) electrons. The summed E-state index contributed by atoms with van der Waals surface area (Å²) < 4.78 is 4.51. The second-order valence-corrected chi connectivity index (χ2v) is 5.58. The van der Waals surface area contributed by atoms with Gasteiger partial charge in [-0.1, -0.05) is 31.4 Å². The van der Waals surface area contributed by atoms with E-state index in [1.54, 1.807) is 0 Å². The first kappa shape index (κ1) is 15.5. The normalized spacial score (nSPS) is 15.5. The number of carbonyl (C=O) groups is 2. The molecule has 0 aliphatic heterocycles. The quantitative estimate of drug-likeness (QED) is 0.842. The lowest BCUT2D eigenvalue weighted by Crippen LogP contribution is -2.14. The maximum Gasteiger partial charge on any atom is 0.306 e. The van der Waals surface area contributed by atoms with Crippen molar-refractivity contribution in [2.45, 2.75) is 50.9 Å². The Kier molecular flexibility index (Phi) is 5.78. The zero-order chi connectivity index (χ0) is 15.1. The molecule has 0 aromatic heterocycles. The molecule has 4 nitrogen and oxygen atoms in total. The predicted molar refractivity (Wildman–Crippen MR) is 82.1 cm³/mol. The molecule has 0 unspecified atom stereocenters. The Morgan fingerprint density at radius 2 is 1.76 bits per heavy atom. The number of carbonyl (C=O) groups excluding carboxylic acids is 2. The lowest BCUT2D eigenvalue weighted by Gasteiger charge is -2.22. The number of amides is 1. The van der Waals surface area contributed by atoms with Gasteiger partial charge >= 0.3 is 5.97 Å². The third-order valence-corrected chi connectivity index (χ3v) is 4.05. The molecule has 1 N–H and O–H groups in total. The highest BCUT2D eigenvalue weighted by atomic mass is 16.5. The molecule has 2 rings (SSSR count). The molecule has 21 heavy (non-hydrogen) atoms. The van der Waals surface area contributed by atoms with Gasteiger partial charge in [0.15, 0.2) is 0 Å². The molecule has 1 aliphatic rings. The third-order valence-electron chi connectivity index (χ3n) is 4.05. The molecular formula is C17H23NO3. The molecule has 1 amide bonds. The fourth-order valence-electron chi connectivity index (χ4n) is 2.82. The van der Waals surface area contributed by atoms with Crippen LogP contribution in [0.4, 0.5) is 5.69 Å². The second kappa shape index (κ2) is 7.81. The standard InChI is InChI=1S/C17H23NO3/c1-21-17(20)12-11-16(19)18-15-9-7-14(8-10-15)13-5-3-2-4-6-13/h7-10,13H,2-6,11-12H2,1H3,(H,18,19). The van der Waals surface area contributed by atoms with Crippen LogP contribution in [0.2, 0.25) is 0 Å². The summed E-state index contributed by atoms with van der Waals surface area (Å²) in [5.41, 5.74) is 2.15. The minimum absolute atomic E-state index is 0.114. The number of benzene rings is 1. The van der Waals surface area contributed by atoms with E-state index in [1.807, 2.05) is 12.1 Å². The van der Waals surface area contributed by atoms with Crippen LogP contribution in [0.3, 0.4) is 0 Å². The Morgan fingerprint density at radius 1 is 1.10 bits per heavy atom. The average molecular weight is 289 g/mol. The zero-order valence-corrected chi connectivity index (χ0v) is 12.6. The van der Waals surface area contributed by atoms with Gasteiger partial charge in [0.25, 0.3) is 0 Å². The van der Waals surface area contributed by atoms with E-state index < -0.39 is 0 Å². The van der Waals surface area contributed by atoms with E-state index in [9.17, 15) is 9.59 Å². The van der Waals surface area contributed by atoms with Gasteiger partial charge in [0.05, 0.1) is 13.5 Å². The van der Waals surface area contributed by atoms with Gasteiger partial charge < -0.3 is 10.1 Å². The van der Waals surface area contributed by atoms with Crippen LogP contribution in [0.1, 0.15) is 56.4 Å². The molecule has 0 heterocycles. The predicted octanol–water partition coefficient (Wildman–Crippen LogP) is 3.63. The van der Waals surface area contributed by atoms with Crippen molar-refractivity contribution in [3.63, 3.8) is 0 Å². The maximum atomic E-state index is 11.7. The molecule has 1 aromatic rings. The minimum atomic E-state index is -0.363. The van der Waals surface area contributed by atoms with Gasteiger partial charge in [-0.05, 0) is 36.5 Å². The van der Waals surface area contributed by atoms with Gasteiger partial charge in [0.2, 0.25) is 5.91 Å². The topological polar surface area (TPSA) is 55.4 Å². The molecule has 0 atom stereocenters. The van der Waals surface area contributed by atoms with Crippen LogP contribution >= 0.6 is 0 Å². The molecular weight excluding hydrogens is 266 g/mol. The Balaban J connectivity index is 1.84. The summed E-state index contributed by atoms with van der Waals surface area (Å²) in [5.74, 6) is 0.145. The number of hydrogen-bond acceptors (Lipinski definition) is 3. The monoisotopic (exact) mass is 289 g/mol. The molecule has 0 spiro atoms. The Bertz CT molecular complexity index is 475. The van der Waals surface area contributed by atoms with E-state index in [4.69, 9.17) is 0 Å². The van der Waals surface area contributed by atoms with E-state index in [2.05, 4.69) is 22.2 Å². The molecule has 1 fully saturated rings. The van der Waals surface area contributed by atoms with Crippen molar-refractivity contribution < 1.29 is 14.3 Å². The van der Waals surface area contributed by atoms with Gasteiger partial charge in [-0.3, -0.25) is 9.59 Å². The van der Waals surface area contributed by atoms with E-state index in [0.29, 0.717) is 5.92 Å². The van der Waals surface area contributed by atoms with Crippen LogP contribution < -0.4 is 5.32 Å². The average Bonchev–Trinajstić information content (AvgIpc) is 2.54. The van der Waals surface area contributed by atoms with Crippen LogP contribution in [0.25, 0.3) is 0 Å². The highest BCUT2D eigenvalue weighted by molar-refractivity contribution is 5.92. The fraction of sp³-hybridized carbons (Fsp3) is 0.529. The summed E-state index contributed by atoms with van der Waals surface area (Å²) in [6.45, 7) is 0. The SMILES string of the molecule is COC(=O)CCC(=O)Nc1ccc(C2CCCCC2)cc1. The van der Waals surface area contributed by atoms with Crippen LogP contribution in [0.15, 0.2) is 24.3 Å². The van der Waals surface area contributed by atoms with Crippen molar-refractivity contribution in [3.05, 3.63) is 29.8 Å². The number of esters is 1. The summed E-state index contributed by atoms with van der Waals surface area (Å²) in [7, 11) is 1.32. The van der Waals surface area contributed by atoms with E-state index in [-0.39, 0.29) is 24.7 Å². The highest BCUT2D eigenvalue weighted by Crippen LogP contribution is 2.32. The molecule has 0 saturated heterocycles. The van der Waals surface area contributed by atoms with Crippen LogP contribution in [0.5, 0.6) is 0 Å². The summed E-state index contributed by atoms with van der Waals surface area (Å²) in [6, 6.07) is 8.10. The Labute approximate surface area is 125 Å². The minimum Gasteiger partial charge on any atom is -0.469 e. The van der Waals surface area contributed by atoms with Crippen molar-refractivity contribution in [1.29, 1.82) is 0 Å². The Hall–Kier alpha value is -1.84. The summed E-state index contributed by atoms with van der Waals surface area (Å²) in [4.78, 5) is 22.7.